The second-order valence-corrected chi connectivity index (χ2v) is 4.19. The molecule has 0 amide bonds. The highest BCUT2D eigenvalue weighted by molar-refractivity contribution is 14.1. The second-order valence-electron chi connectivity index (χ2n) is 2.94. The van der Waals surface area contributed by atoms with Crippen molar-refractivity contribution in [2.24, 2.45) is 0 Å². The van der Waals surface area contributed by atoms with Crippen molar-refractivity contribution in [1.82, 2.24) is 5.32 Å². The molecule has 0 aromatic carbocycles. The number of alkyl halides is 1. The molecule has 82 valence electrons. The number of halogens is 1. The summed E-state index contributed by atoms with van der Waals surface area (Å²) in [4.78, 5) is 21.6. The lowest BCUT2D eigenvalue weighted by Crippen LogP contribution is -2.55. The minimum absolute atomic E-state index is 0.353. The average molecular weight is 315 g/mol. The number of nitrogens with one attached hydrogen (secondary N) is 1. The standard InChI is InChI=1S/C8H14INO4/c1-3-8(4-2,7(13)14)10-5(9)6(11)12/h5,10H,3-4H2,1-2H3,(H,11,12)(H,13,14). The minimum atomic E-state index is -1.13. The van der Waals surface area contributed by atoms with Gasteiger partial charge in [-0.2, -0.15) is 0 Å². The maximum atomic E-state index is 11.0. The van der Waals surface area contributed by atoms with Gasteiger partial charge >= 0.3 is 11.9 Å². The Morgan fingerprint density at radius 3 is 2.00 bits per heavy atom. The van der Waals surface area contributed by atoms with E-state index in [9.17, 15) is 9.59 Å². The van der Waals surface area contributed by atoms with Gasteiger partial charge in [0.2, 0.25) is 0 Å². The lowest BCUT2D eigenvalue weighted by molar-refractivity contribution is -0.146. The normalized spacial score (nSPS) is 13.6. The molecule has 0 aliphatic heterocycles. The lowest BCUT2D eigenvalue weighted by Gasteiger charge is -2.29. The van der Waals surface area contributed by atoms with Gasteiger partial charge in [-0.05, 0) is 12.8 Å². The fourth-order valence-corrected chi connectivity index (χ4v) is 1.72. The molecule has 0 aliphatic carbocycles. The van der Waals surface area contributed by atoms with Gasteiger partial charge in [-0.25, -0.2) is 4.79 Å². The molecular formula is C8H14INO4. The molecule has 1 unspecified atom stereocenters. The predicted molar refractivity (Wildman–Crippen MR) is 59.5 cm³/mol. The van der Waals surface area contributed by atoms with Crippen LogP contribution < -0.4 is 5.32 Å². The van der Waals surface area contributed by atoms with Gasteiger partial charge in [0.05, 0.1) is 0 Å². The van der Waals surface area contributed by atoms with E-state index in [0.29, 0.717) is 12.8 Å². The van der Waals surface area contributed by atoms with Crippen molar-refractivity contribution in [3.63, 3.8) is 0 Å². The van der Waals surface area contributed by atoms with Crippen LogP contribution >= 0.6 is 22.6 Å². The zero-order valence-electron chi connectivity index (χ0n) is 8.08. The Bertz CT molecular complexity index is 227. The van der Waals surface area contributed by atoms with E-state index in [1.165, 1.54) is 0 Å². The van der Waals surface area contributed by atoms with Gasteiger partial charge in [-0.3, -0.25) is 10.1 Å². The van der Waals surface area contributed by atoms with Crippen LogP contribution in [0, 0.1) is 0 Å². The molecule has 1 atom stereocenters. The maximum absolute atomic E-state index is 11.0. The average Bonchev–Trinajstić information content (AvgIpc) is 2.13. The first kappa shape index (κ1) is 13.6. The number of hydrogen-bond acceptors (Lipinski definition) is 3. The van der Waals surface area contributed by atoms with Gasteiger partial charge in [-0.15, -0.1) is 0 Å². The Balaban J connectivity index is 4.67. The highest BCUT2D eigenvalue weighted by atomic mass is 127. The third-order valence-electron chi connectivity index (χ3n) is 2.24. The van der Waals surface area contributed by atoms with Gasteiger partial charge in [0, 0.05) is 0 Å². The molecule has 0 bridgehead atoms. The van der Waals surface area contributed by atoms with Crippen LogP contribution in [0.1, 0.15) is 26.7 Å². The quantitative estimate of drug-likeness (QED) is 0.388. The molecular weight excluding hydrogens is 301 g/mol. The Morgan fingerprint density at radius 1 is 1.36 bits per heavy atom. The van der Waals surface area contributed by atoms with Crippen molar-refractivity contribution in [3.05, 3.63) is 0 Å². The SMILES string of the molecule is CCC(CC)(NC(I)C(=O)O)C(=O)O. The number of hydrogen-bond donors (Lipinski definition) is 3. The van der Waals surface area contributed by atoms with Crippen LogP contribution in [-0.2, 0) is 9.59 Å². The van der Waals surface area contributed by atoms with E-state index in [4.69, 9.17) is 10.2 Å². The maximum Gasteiger partial charge on any atom is 0.331 e. The Morgan fingerprint density at radius 2 is 1.79 bits per heavy atom. The summed E-state index contributed by atoms with van der Waals surface area (Å²) in [5, 5.41) is 20.3. The molecule has 0 radical (unpaired) electrons. The molecule has 0 aromatic rings. The number of carboxylic acid groups (broad SMARTS) is 2. The first-order chi connectivity index (χ1) is 6.39. The van der Waals surface area contributed by atoms with Crippen LogP contribution in [0.2, 0.25) is 0 Å². The van der Waals surface area contributed by atoms with Crippen LogP contribution in [0.4, 0.5) is 0 Å². The van der Waals surface area contributed by atoms with Crippen LogP contribution in [0.15, 0.2) is 0 Å². The fraction of sp³-hybridized carbons (Fsp3) is 0.750. The highest BCUT2D eigenvalue weighted by Gasteiger charge is 2.37. The van der Waals surface area contributed by atoms with Gasteiger partial charge in [0.25, 0.3) is 0 Å². The molecule has 0 aliphatic rings. The largest absolute Gasteiger partial charge is 0.480 e. The zero-order chi connectivity index (χ0) is 11.4. The predicted octanol–water partition coefficient (Wildman–Crippen LogP) is 1.07. The molecule has 0 heterocycles. The smallest absolute Gasteiger partial charge is 0.331 e. The van der Waals surface area contributed by atoms with Gasteiger partial charge in [-0.1, -0.05) is 36.4 Å². The molecule has 14 heavy (non-hydrogen) atoms. The van der Waals surface area contributed by atoms with Crippen molar-refractivity contribution in [1.29, 1.82) is 0 Å². The third kappa shape index (κ3) is 3.09. The van der Waals surface area contributed by atoms with Crippen molar-refractivity contribution in [3.8, 4) is 0 Å². The summed E-state index contributed by atoms with van der Waals surface area (Å²) in [5.74, 6) is -2.07. The van der Waals surface area contributed by atoms with Crippen molar-refractivity contribution >= 4 is 34.5 Å². The van der Waals surface area contributed by atoms with Crippen LogP contribution in [0.25, 0.3) is 0 Å². The first-order valence-electron chi connectivity index (χ1n) is 4.27. The van der Waals surface area contributed by atoms with Crippen LogP contribution in [0.5, 0.6) is 0 Å². The van der Waals surface area contributed by atoms with E-state index < -0.39 is 21.5 Å². The number of aliphatic carboxylic acids is 2. The van der Waals surface area contributed by atoms with E-state index in [1.807, 2.05) is 0 Å². The summed E-state index contributed by atoms with van der Waals surface area (Å²) in [6.45, 7) is 3.44. The first-order valence-corrected chi connectivity index (χ1v) is 5.52. The van der Waals surface area contributed by atoms with Crippen molar-refractivity contribution < 1.29 is 19.8 Å². The van der Waals surface area contributed by atoms with Gasteiger partial charge in [0.1, 0.15) is 5.54 Å². The van der Waals surface area contributed by atoms with E-state index in [2.05, 4.69) is 5.32 Å². The fourth-order valence-electron chi connectivity index (χ4n) is 1.12. The monoisotopic (exact) mass is 315 g/mol. The molecule has 6 heteroatoms. The summed E-state index contributed by atoms with van der Waals surface area (Å²) in [6, 6.07) is 0. The van der Waals surface area contributed by atoms with Gasteiger partial charge in [0.15, 0.2) is 4.05 Å². The molecule has 0 fully saturated rings. The van der Waals surface area contributed by atoms with E-state index in [-0.39, 0.29) is 0 Å². The van der Waals surface area contributed by atoms with Crippen molar-refractivity contribution in [2.45, 2.75) is 36.3 Å². The topological polar surface area (TPSA) is 86.6 Å². The summed E-state index contributed by atoms with van der Waals surface area (Å²) < 4.78 is -0.886. The molecule has 0 spiro atoms. The van der Waals surface area contributed by atoms with E-state index in [0.717, 1.165) is 0 Å². The lowest BCUT2D eigenvalue weighted by atomic mass is 9.93. The number of carboxylic acids is 2. The molecule has 3 N–H and O–H groups in total. The third-order valence-corrected chi connectivity index (χ3v) is 3.08. The summed E-state index contributed by atoms with van der Waals surface area (Å²) in [6.07, 6.45) is 0.706. The molecule has 0 saturated carbocycles. The van der Waals surface area contributed by atoms with Gasteiger partial charge < -0.3 is 10.2 Å². The highest BCUT2D eigenvalue weighted by Crippen LogP contribution is 2.18. The Hall–Kier alpha value is -0.370. The number of carbonyl (C=O) groups is 2. The van der Waals surface area contributed by atoms with Crippen LogP contribution in [0.3, 0.4) is 0 Å². The second kappa shape index (κ2) is 5.50. The zero-order valence-corrected chi connectivity index (χ0v) is 10.2. The minimum Gasteiger partial charge on any atom is -0.480 e. The van der Waals surface area contributed by atoms with E-state index in [1.54, 1.807) is 36.4 Å². The molecule has 5 nitrogen and oxygen atoms in total. The number of rotatable bonds is 6. The van der Waals surface area contributed by atoms with Crippen molar-refractivity contribution in [2.75, 3.05) is 0 Å². The Labute approximate surface area is 96.0 Å². The molecule has 0 aromatic heterocycles. The molecule has 0 rings (SSSR count). The van der Waals surface area contributed by atoms with E-state index >= 15 is 0 Å². The summed E-state index contributed by atoms with van der Waals surface area (Å²) in [5.41, 5.74) is -1.13. The summed E-state index contributed by atoms with van der Waals surface area (Å²) in [7, 11) is 0. The summed E-state index contributed by atoms with van der Waals surface area (Å²) >= 11 is 1.66. The van der Waals surface area contributed by atoms with Crippen LogP contribution in [-0.4, -0.2) is 31.7 Å². The molecule has 0 saturated heterocycles. The Kier molecular flexibility index (Phi) is 5.35.